The van der Waals surface area contributed by atoms with Crippen molar-refractivity contribution in [1.82, 2.24) is 4.37 Å². The summed E-state index contributed by atoms with van der Waals surface area (Å²) < 4.78 is 9.62. The second-order valence-corrected chi connectivity index (χ2v) is 6.93. The number of nitrogens with zero attached hydrogens (tertiary/aromatic N) is 2. The second kappa shape index (κ2) is 6.84. The first-order valence-electron chi connectivity index (χ1n) is 8.20. The summed E-state index contributed by atoms with van der Waals surface area (Å²) in [7, 11) is 1.72. The second-order valence-electron chi connectivity index (χ2n) is 6.16. The number of aromatic nitrogens is 1. The number of esters is 1. The van der Waals surface area contributed by atoms with Gasteiger partial charge in [-0.15, -0.1) is 0 Å². The molecule has 2 aromatic rings. The minimum Gasteiger partial charge on any atom is -0.449 e. The van der Waals surface area contributed by atoms with Gasteiger partial charge in [0.15, 0.2) is 6.10 Å². The van der Waals surface area contributed by atoms with Gasteiger partial charge < -0.3 is 15.0 Å². The molecule has 25 heavy (non-hydrogen) atoms. The van der Waals surface area contributed by atoms with E-state index in [9.17, 15) is 9.59 Å². The molecule has 6 nitrogen and oxygen atoms in total. The third-order valence-corrected chi connectivity index (χ3v) is 5.33. The molecule has 0 radical (unpaired) electrons. The molecule has 1 aromatic carbocycles. The summed E-state index contributed by atoms with van der Waals surface area (Å²) in [5.41, 5.74) is 3.02. The van der Waals surface area contributed by atoms with Crippen LogP contribution in [0.5, 0.6) is 0 Å². The van der Waals surface area contributed by atoms with Crippen molar-refractivity contribution >= 4 is 34.1 Å². The Morgan fingerprint density at radius 1 is 1.40 bits per heavy atom. The van der Waals surface area contributed by atoms with E-state index in [-0.39, 0.29) is 11.9 Å². The van der Waals surface area contributed by atoms with Crippen molar-refractivity contribution in [3.05, 3.63) is 41.1 Å². The Balaban J connectivity index is 1.77. The predicted octanol–water partition coefficient (Wildman–Crippen LogP) is 3.02. The number of carbonyl (C=O) groups excluding carboxylic acids is 2. The normalized spacial score (nSPS) is 17.1. The van der Waals surface area contributed by atoms with E-state index in [1.54, 1.807) is 25.8 Å². The zero-order valence-corrected chi connectivity index (χ0v) is 15.5. The zero-order chi connectivity index (χ0) is 18.1. The van der Waals surface area contributed by atoms with Gasteiger partial charge in [-0.05, 0) is 50.4 Å². The van der Waals surface area contributed by atoms with Crippen LogP contribution in [0.3, 0.4) is 0 Å². The van der Waals surface area contributed by atoms with Crippen LogP contribution < -0.4 is 10.2 Å². The van der Waals surface area contributed by atoms with Crippen LogP contribution >= 0.6 is 11.5 Å². The van der Waals surface area contributed by atoms with Gasteiger partial charge in [0.1, 0.15) is 10.6 Å². The largest absolute Gasteiger partial charge is 0.449 e. The number of anilines is 2. The molecule has 0 aliphatic carbocycles. The first-order valence-corrected chi connectivity index (χ1v) is 8.97. The number of benzene rings is 1. The molecule has 0 saturated heterocycles. The molecule has 0 saturated carbocycles. The summed E-state index contributed by atoms with van der Waals surface area (Å²) >= 11 is 1.20. The van der Waals surface area contributed by atoms with E-state index in [2.05, 4.69) is 9.69 Å². The number of aryl methyl sites for hydroxylation is 1. The van der Waals surface area contributed by atoms with Crippen LogP contribution in [0.15, 0.2) is 24.3 Å². The van der Waals surface area contributed by atoms with Crippen LogP contribution in [-0.4, -0.2) is 35.4 Å². The monoisotopic (exact) mass is 359 g/mol. The van der Waals surface area contributed by atoms with Crippen LogP contribution in [0.2, 0.25) is 0 Å². The molecule has 1 N–H and O–H groups in total. The van der Waals surface area contributed by atoms with Crippen molar-refractivity contribution in [2.75, 3.05) is 17.3 Å². The lowest BCUT2D eigenvalue weighted by Gasteiger charge is -2.26. The average molecular weight is 359 g/mol. The SMILES string of the molecule is CNc1snc(C)c1C(=O)O[C@H](C)C(=O)N1c2ccccc2C[C@@H]1C. The van der Waals surface area contributed by atoms with E-state index >= 15 is 0 Å². The first-order chi connectivity index (χ1) is 11.9. The molecule has 0 unspecified atom stereocenters. The van der Waals surface area contributed by atoms with Gasteiger partial charge in [0.25, 0.3) is 5.91 Å². The Bertz CT molecular complexity index is 818. The molecule has 1 amide bonds. The van der Waals surface area contributed by atoms with Gasteiger partial charge in [-0.25, -0.2) is 4.79 Å². The highest BCUT2D eigenvalue weighted by molar-refractivity contribution is 7.10. The lowest BCUT2D eigenvalue weighted by Crippen LogP contribution is -2.43. The highest BCUT2D eigenvalue weighted by Gasteiger charge is 2.35. The van der Waals surface area contributed by atoms with Crippen molar-refractivity contribution in [1.29, 1.82) is 0 Å². The number of rotatable bonds is 4. The van der Waals surface area contributed by atoms with Crippen molar-refractivity contribution in [2.45, 2.75) is 39.3 Å². The van der Waals surface area contributed by atoms with Crippen LogP contribution in [0.4, 0.5) is 10.7 Å². The lowest BCUT2D eigenvalue weighted by atomic mass is 10.1. The zero-order valence-electron chi connectivity index (χ0n) is 14.7. The van der Waals surface area contributed by atoms with E-state index in [0.29, 0.717) is 16.3 Å². The molecule has 2 atom stereocenters. The Morgan fingerprint density at radius 3 is 2.84 bits per heavy atom. The van der Waals surface area contributed by atoms with Crippen molar-refractivity contribution in [2.24, 2.45) is 0 Å². The van der Waals surface area contributed by atoms with Crippen molar-refractivity contribution in [3.8, 4) is 0 Å². The summed E-state index contributed by atoms with van der Waals surface area (Å²) in [6.45, 7) is 5.36. The topological polar surface area (TPSA) is 71.5 Å². The fraction of sp³-hybridized carbons (Fsp3) is 0.389. The van der Waals surface area contributed by atoms with Gasteiger partial charge in [0, 0.05) is 18.8 Å². The lowest BCUT2D eigenvalue weighted by molar-refractivity contribution is -0.126. The number of nitrogens with one attached hydrogen (secondary N) is 1. The predicted molar refractivity (Wildman–Crippen MR) is 98.4 cm³/mol. The minimum absolute atomic E-state index is 0.0449. The fourth-order valence-electron chi connectivity index (χ4n) is 3.15. The first kappa shape index (κ1) is 17.4. The van der Waals surface area contributed by atoms with E-state index in [0.717, 1.165) is 17.7 Å². The van der Waals surface area contributed by atoms with Crippen molar-refractivity contribution in [3.63, 3.8) is 0 Å². The molecular formula is C18H21N3O3S. The Labute approximate surface area is 151 Å². The molecule has 0 bridgehead atoms. The molecule has 1 aromatic heterocycles. The van der Waals surface area contributed by atoms with Gasteiger partial charge in [-0.1, -0.05) is 18.2 Å². The van der Waals surface area contributed by atoms with E-state index in [4.69, 9.17) is 4.74 Å². The average Bonchev–Trinajstić information content (AvgIpc) is 3.12. The molecule has 1 aliphatic heterocycles. The van der Waals surface area contributed by atoms with Gasteiger partial charge in [-0.2, -0.15) is 4.37 Å². The van der Waals surface area contributed by atoms with E-state index in [1.165, 1.54) is 11.5 Å². The number of hydrogen-bond acceptors (Lipinski definition) is 6. The number of amides is 1. The maximum atomic E-state index is 12.9. The smallest absolute Gasteiger partial charge is 0.343 e. The third-order valence-electron chi connectivity index (χ3n) is 4.37. The van der Waals surface area contributed by atoms with Crippen LogP contribution in [-0.2, 0) is 16.0 Å². The molecule has 3 rings (SSSR count). The van der Waals surface area contributed by atoms with E-state index < -0.39 is 12.1 Å². The quantitative estimate of drug-likeness (QED) is 0.850. The third kappa shape index (κ3) is 3.11. The fourth-order valence-corrected chi connectivity index (χ4v) is 3.88. The maximum absolute atomic E-state index is 12.9. The van der Waals surface area contributed by atoms with Gasteiger partial charge in [-0.3, -0.25) is 4.79 Å². The number of ether oxygens (including phenoxy) is 1. The standard InChI is InChI=1S/C18H21N3O3S/c1-10-9-13-7-5-6-8-14(13)21(10)17(22)12(3)24-18(23)15-11(2)20-25-16(15)19-4/h5-8,10,12,19H,9H2,1-4H3/t10-,12+/m0/s1. The number of hydrogen-bond donors (Lipinski definition) is 1. The molecule has 0 fully saturated rings. The summed E-state index contributed by atoms with van der Waals surface area (Å²) in [5.74, 6) is -0.741. The van der Waals surface area contributed by atoms with E-state index in [1.807, 2.05) is 31.2 Å². The highest BCUT2D eigenvalue weighted by atomic mass is 32.1. The number of carbonyl (C=O) groups is 2. The number of fused-ring (bicyclic) bond motifs is 1. The highest BCUT2D eigenvalue weighted by Crippen LogP contribution is 2.33. The van der Waals surface area contributed by atoms with Crippen LogP contribution in [0, 0.1) is 6.92 Å². The van der Waals surface area contributed by atoms with Crippen LogP contribution in [0.25, 0.3) is 0 Å². The number of para-hydroxylation sites is 1. The van der Waals surface area contributed by atoms with Gasteiger partial charge in [0.05, 0.1) is 5.69 Å². The van der Waals surface area contributed by atoms with Gasteiger partial charge in [0.2, 0.25) is 0 Å². The summed E-state index contributed by atoms with van der Waals surface area (Å²) in [4.78, 5) is 27.1. The van der Waals surface area contributed by atoms with Crippen LogP contribution in [0.1, 0.15) is 35.5 Å². The summed E-state index contributed by atoms with van der Waals surface area (Å²) in [6.07, 6.45) is -0.0647. The van der Waals surface area contributed by atoms with Crippen molar-refractivity contribution < 1.29 is 14.3 Å². The maximum Gasteiger partial charge on any atom is 0.343 e. The summed E-state index contributed by atoms with van der Waals surface area (Å²) in [6, 6.07) is 7.87. The van der Waals surface area contributed by atoms with Gasteiger partial charge >= 0.3 is 5.97 Å². The molecule has 132 valence electrons. The minimum atomic E-state index is -0.870. The Kier molecular flexibility index (Phi) is 4.76. The Hall–Kier alpha value is -2.41. The molecule has 1 aliphatic rings. The molecule has 7 heteroatoms. The molecular weight excluding hydrogens is 338 g/mol. The molecule has 2 heterocycles. The Morgan fingerprint density at radius 2 is 2.12 bits per heavy atom. The summed E-state index contributed by atoms with van der Waals surface area (Å²) in [5, 5.41) is 3.58. The molecule has 0 spiro atoms.